The van der Waals surface area contributed by atoms with Gasteiger partial charge in [-0.1, -0.05) is 6.07 Å². The lowest BCUT2D eigenvalue weighted by molar-refractivity contribution is 0.620. The first-order chi connectivity index (χ1) is 8.06. The third-order valence-electron chi connectivity index (χ3n) is 2.60. The molecule has 1 aromatic carbocycles. The second-order valence-electron chi connectivity index (χ2n) is 4.16. The molecule has 0 radical (unpaired) electrons. The van der Waals surface area contributed by atoms with Gasteiger partial charge in [0.2, 0.25) is 0 Å². The number of halogens is 1. The molecule has 2 aromatic rings. The maximum Gasteiger partial charge on any atom is 0.166 e. The molecule has 0 aliphatic rings. The van der Waals surface area contributed by atoms with E-state index in [1.165, 1.54) is 12.1 Å². The van der Waals surface area contributed by atoms with Crippen LogP contribution in [0.25, 0.3) is 0 Å². The second-order valence-corrected chi connectivity index (χ2v) is 4.16. The Morgan fingerprint density at radius 3 is 2.82 bits per heavy atom. The van der Waals surface area contributed by atoms with Crippen LogP contribution in [0.15, 0.2) is 24.5 Å². The molecule has 0 fully saturated rings. The van der Waals surface area contributed by atoms with E-state index in [1.807, 2.05) is 13.8 Å². The molecule has 1 heterocycles. The number of aryl methyl sites for hydroxylation is 1. The van der Waals surface area contributed by atoms with Crippen LogP contribution >= 0.6 is 0 Å². The quantitative estimate of drug-likeness (QED) is 0.880. The maximum atomic E-state index is 12.9. The fraction of sp³-hybridized carbons (Fsp3) is 0.333. The van der Waals surface area contributed by atoms with Gasteiger partial charge in [0.05, 0.1) is 12.6 Å². The van der Waals surface area contributed by atoms with Gasteiger partial charge in [0, 0.05) is 0 Å². The summed E-state index contributed by atoms with van der Waals surface area (Å²) in [6, 6.07) is 4.55. The molecular weight excluding hydrogens is 219 g/mol. The van der Waals surface area contributed by atoms with E-state index in [2.05, 4.69) is 10.1 Å². The van der Waals surface area contributed by atoms with E-state index in [0.717, 1.165) is 11.1 Å². The standard InChI is InChI=1S/C12H15FN4/c1-8-5-11(13)4-3-10(8)6-17-7-15-12(16-17)9(2)14/h3-5,7,9H,6,14H2,1-2H3. The van der Waals surface area contributed by atoms with E-state index in [4.69, 9.17) is 5.73 Å². The summed E-state index contributed by atoms with van der Waals surface area (Å²) in [5, 5.41) is 4.26. The van der Waals surface area contributed by atoms with E-state index < -0.39 is 0 Å². The largest absolute Gasteiger partial charge is 0.321 e. The molecule has 1 atom stereocenters. The molecule has 17 heavy (non-hydrogen) atoms. The molecular formula is C12H15FN4. The number of hydrogen-bond acceptors (Lipinski definition) is 3. The van der Waals surface area contributed by atoms with Crippen LogP contribution in [0.1, 0.15) is 29.9 Å². The van der Waals surface area contributed by atoms with E-state index in [0.29, 0.717) is 12.4 Å². The molecule has 0 spiro atoms. The SMILES string of the molecule is Cc1cc(F)ccc1Cn1cnc(C(C)N)n1. The Morgan fingerprint density at radius 1 is 1.47 bits per heavy atom. The van der Waals surface area contributed by atoms with Crippen LogP contribution in [0.3, 0.4) is 0 Å². The Hall–Kier alpha value is -1.75. The van der Waals surface area contributed by atoms with E-state index in [1.54, 1.807) is 17.1 Å². The van der Waals surface area contributed by atoms with Gasteiger partial charge in [-0.15, -0.1) is 0 Å². The molecule has 2 N–H and O–H groups in total. The van der Waals surface area contributed by atoms with Crippen molar-refractivity contribution in [2.45, 2.75) is 26.4 Å². The lowest BCUT2D eigenvalue weighted by atomic mass is 10.1. The fourth-order valence-electron chi connectivity index (χ4n) is 1.61. The number of rotatable bonds is 3. The topological polar surface area (TPSA) is 56.7 Å². The summed E-state index contributed by atoms with van der Waals surface area (Å²) in [6.45, 7) is 4.29. The van der Waals surface area contributed by atoms with Crippen LogP contribution in [0, 0.1) is 12.7 Å². The molecule has 0 saturated heterocycles. The number of aromatic nitrogens is 3. The zero-order chi connectivity index (χ0) is 12.4. The van der Waals surface area contributed by atoms with Crippen molar-refractivity contribution in [3.63, 3.8) is 0 Å². The third kappa shape index (κ3) is 2.68. The number of hydrogen-bond donors (Lipinski definition) is 1. The molecule has 0 amide bonds. The van der Waals surface area contributed by atoms with Crippen molar-refractivity contribution in [3.05, 3.63) is 47.3 Å². The van der Waals surface area contributed by atoms with Crippen LogP contribution < -0.4 is 5.73 Å². The van der Waals surface area contributed by atoms with Gasteiger partial charge in [-0.3, -0.25) is 0 Å². The van der Waals surface area contributed by atoms with Gasteiger partial charge in [-0.2, -0.15) is 5.10 Å². The van der Waals surface area contributed by atoms with Crippen molar-refractivity contribution in [3.8, 4) is 0 Å². The first kappa shape index (κ1) is 11.7. The van der Waals surface area contributed by atoms with Crippen LogP contribution in [0.4, 0.5) is 4.39 Å². The zero-order valence-corrected chi connectivity index (χ0v) is 9.89. The van der Waals surface area contributed by atoms with Crippen molar-refractivity contribution < 1.29 is 4.39 Å². The van der Waals surface area contributed by atoms with Gasteiger partial charge in [0.25, 0.3) is 0 Å². The lowest BCUT2D eigenvalue weighted by Gasteiger charge is -2.05. The van der Waals surface area contributed by atoms with Crippen LogP contribution in [0.5, 0.6) is 0 Å². The molecule has 5 heteroatoms. The van der Waals surface area contributed by atoms with E-state index >= 15 is 0 Å². The molecule has 2 rings (SSSR count). The highest BCUT2D eigenvalue weighted by Gasteiger charge is 2.07. The molecule has 0 aliphatic heterocycles. The minimum Gasteiger partial charge on any atom is -0.321 e. The van der Waals surface area contributed by atoms with Gasteiger partial charge in [0.15, 0.2) is 5.82 Å². The molecule has 0 aliphatic carbocycles. The second kappa shape index (κ2) is 4.63. The highest BCUT2D eigenvalue weighted by molar-refractivity contribution is 5.26. The summed E-state index contributed by atoms with van der Waals surface area (Å²) >= 11 is 0. The highest BCUT2D eigenvalue weighted by Crippen LogP contribution is 2.11. The highest BCUT2D eigenvalue weighted by atomic mass is 19.1. The van der Waals surface area contributed by atoms with Crippen molar-refractivity contribution >= 4 is 0 Å². The molecule has 1 unspecified atom stereocenters. The predicted molar refractivity (Wildman–Crippen MR) is 62.9 cm³/mol. The molecule has 4 nitrogen and oxygen atoms in total. The minimum absolute atomic E-state index is 0.175. The Labute approximate surface area is 99.3 Å². The summed E-state index contributed by atoms with van der Waals surface area (Å²) in [5.41, 5.74) is 7.61. The van der Waals surface area contributed by atoms with Crippen molar-refractivity contribution in [2.24, 2.45) is 5.73 Å². The van der Waals surface area contributed by atoms with Crippen molar-refractivity contribution in [1.29, 1.82) is 0 Å². The normalized spacial score (nSPS) is 12.7. The maximum absolute atomic E-state index is 12.9. The number of nitrogens with zero attached hydrogens (tertiary/aromatic N) is 3. The van der Waals surface area contributed by atoms with E-state index in [-0.39, 0.29) is 11.9 Å². The molecule has 0 saturated carbocycles. The third-order valence-corrected chi connectivity index (χ3v) is 2.60. The number of nitrogens with two attached hydrogens (primary N) is 1. The first-order valence-electron chi connectivity index (χ1n) is 5.46. The van der Waals surface area contributed by atoms with Gasteiger partial charge in [-0.05, 0) is 37.1 Å². The monoisotopic (exact) mass is 234 g/mol. The summed E-state index contributed by atoms with van der Waals surface area (Å²) in [7, 11) is 0. The Balaban J connectivity index is 2.19. The van der Waals surface area contributed by atoms with Gasteiger partial charge < -0.3 is 5.73 Å². The number of benzene rings is 1. The van der Waals surface area contributed by atoms with Crippen LogP contribution in [-0.2, 0) is 6.54 Å². The average Bonchev–Trinajstić information content (AvgIpc) is 2.71. The zero-order valence-electron chi connectivity index (χ0n) is 9.89. The summed E-state index contributed by atoms with van der Waals surface area (Å²) in [6.07, 6.45) is 1.64. The summed E-state index contributed by atoms with van der Waals surface area (Å²) in [4.78, 5) is 4.11. The average molecular weight is 234 g/mol. The van der Waals surface area contributed by atoms with E-state index in [9.17, 15) is 4.39 Å². The van der Waals surface area contributed by atoms with Crippen LogP contribution in [-0.4, -0.2) is 14.8 Å². The van der Waals surface area contributed by atoms with Crippen molar-refractivity contribution in [1.82, 2.24) is 14.8 Å². The summed E-state index contributed by atoms with van der Waals surface area (Å²) < 4.78 is 14.7. The fourth-order valence-corrected chi connectivity index (χ4v) is 1.61. The Kier molecular flexibility index (Phi) is 3.19. The molecule has 0 bridgehead atoms. The smallest absolute Gasteiger partial charge is 0.166 e. The Morgan fingerprint density at radius 2 is 2.24 bits per heavy atom. The predicted octanol–water partition coefficient (Wildman–Crippen LogP) is 1.79. The van der Waals surface area contributed by atoms with Gasteiger partial charge >= 0.3 is 0 Å². The Bertz CT molecular complexity index is 519. The van der Waals surface area contributed by atoms with Crippen LogP contribution in [0.2, 0.25) is 0 Å². The lowest BCUT2D eigenvalue weighted by Crippen LogP contribution is -2.09. The molecule has 1 aromatic heterocycles. The molecule has 90 valence electrons. The van der Waals surface area contributed by atoms with Crippen molar-refractivity contribution in [2.75, 3.05) is 0 Å². The van der Waals surface area contributed by atoms with Gasteiger partial charge in [0.1, 0.15) is 12.1 Å². The summed E-state index contributed by atoms with van der Waals surface area (Å²) in [5.74, 6) is 0.394. The van der Waals surface area contributed by atoms with Gasteiger partial charge in [-0.25, -0.2) is 14.1 Å². The minimum atomic E-state index is -0.221. The first-order valence-corrected chi connectivity index (χ1v) is 5.46.